The number of oxime groups is 1. The van der Waals surface area contributed by atoms with Gasteiger partial charge in [0.2, 0.25) is 0 Å². The Morgan fingerprint density at radius 1 is 1.18 bits per heavy atom. The van der Waals surface area contributed by atoms with E-state index in [0.29, 0.717) is 43.8 Å². The van der Waals surface area contributed by atoms with E-state index in [1.807, 2.05) is 13.8 Å². The van der Waals surface area contributed by atoms with Crippen LogP contribution in [0, 0.1) is 20.8 Å². The molecular formula is C23H31NO4. The summed E-state index contributed by atoms with van der Waals surface area (Å²) >= 11 is 0. The second kappa shape index (κ2) is 8.38. The largest absolute Gasteiger partial charge is 0.511 e. The summed E-state index contributed by atoms with van der Waals surface area (Å²) in [6.07, 6.45) is 3.13. The maximum absolute atomic E-state index is 13.0. The standard InChI is InChI=1S/C23H31NO4/c1-6-8-18(24-28-7-2)22-19(25)11-16(12-20(22)26)21-15(5)13(3)14(4)17-9-10-27-23(17)21/h16,25H,6-12H2,1-5H3/b24-18+. The number of hydrogen-bond donors (Lipinski definition) is 1. The summed E-state index contributed by atoms with van der Waals surface area (Å²) in [5.74, 6) is 0.923. The first-order valence-corrected chi connectivity index (χ1v) is 10.3. The summed E-state index contributed by atoms with van der Waals surface area (Å²) in [5, 5.41) is 14.9. The van der Waals surface area contributed by atoms with Gasteiger partial charge in [0.15, 0.2) is 5.78 Å². The second-order valence-corrected chi connectivity index (χ2v) is 7.75. The van der Waals surface area contributed by atoms with Gasteiger partial charge in [0.1, 0.15) is 18.1 Å². The number of aliphatic hydroxyl groups excluding tert-OH is 1. The van der Waals surface area contributed by atoms with Gasteiger partial charge in [-0.25, -0.2) is 0 Å². The van der Waals surface area contributed by atoms with Crippen LogP contribution in [0.5, 0.6) is 5.75 Å². The van der Waals surface area contributed by atoms with Gasteiger partial charge >= 0.3 is 0 Å². The molecule has 3 rings (SSSR count). The molecule has 28 heavy (non-hydrogen) atoms. The highest BCUT2D eigenvalue weighted by Crippen LogP contribution is 2.45. The fraction of sp³-hybridized carbons (Fsp3) is 0.565. The molecule has 1 atom stereocenters. The molecule has 0 fully saturated rings. The molecule has 0 bridgehead atoms. The van der Waals surface area contributed by atoms with Gasteiger partial charge in [0.05, 0.1) is 17.9 Å². The zero-order valence-electron chi connectivity index (χ0n) is 17.6. The van der Waals surface area contributed by atoms with E-state index in [9.17, 15) is 9.90 Å². The molecule has 152 valence electrons. The maximum Gasteiger partial charge on any atom is 0.168 e. The highest BCUT2D eigenvalue weighted by molar-refractivity contribution is 6.23. The van der Waals surface area contributed by atoms with Crippen LogP contribution in [0.4, 0.5) is 0 Å². The molecule has 0 saturated carbocycles. The number of benzene rings is 1. The minimum absolute atomic E-state index is 0.0648. The van der Waals surface area contributed by atoms with Crippen molar-refractivity contribution < 1.29 is 19.5 Å². The van der Waals surface area contributed by atoms with Gasteiger partial charge in [-0.3, -0.25) is 4.79 Å². The Hall–Kier alpha value is -2.30. The lowest BCUT2D eigenvalue weighted by Gasteiger charge is -2.28. The number of ketones is 1. The Kier molecular flexibility index (Phi) is 6.11. The van der Waals surface area contributed by atoms with Gasteiger partial charge in [0, 0.05) is 36.3 Å². The number of aliphatic hydroxyl groups is 1. The van der Waals surface area contributed by atoms with E-state index in [0.717, 1.165) is 24.2 Å². The highest BCUT2D eigenvalue weighted by Gasteiger charge is 2.35. The summed E-state index contributed by atoms with van der Waals surface area (Å²) < 4.78 is 5.98. The zero-order chi connectivity index (χ0) is 20.4. The lowest BCUT2D eigenvalue weighted by Crippen LogP contribution is -2.25. The van der Waals surface area contributed by atoms with Gasteiger partial charge in [-0.15, -0.1) is 0 Å². The van der Waals surface area contributed by atoms with Crippen molar-refractivity contribution in [1.82, 2.24) is 0 Å². The molecule has 0 amide bonds. The number of hydrogen-bond acceptors (Lipinski definition) is 5. The van der Waals surface area contributed by atoms with Crippen LogP contribution in [-0.2, 0) is 16.1 Å². The smallest absolute Gasteiger partial charge is 0.168 e. The third kappa shape index (κ3) is 3.54. The van der Waals surface area contributed by atoms with Crippen molar-refractivity contribution in [1.29, 1.82) is 0 Å². The molecule has 1 aliphatic carbocycles. The molecule has 1 N–H and O–H groups in total. The normalized spacial score (nSPS) is 19.7. The first-order valence-electron chi connectivity index (χ1n) is 10.3. The van der Waals surface area contributed by atoms with Gasteiger partial charge in [-0.2, -0.15) is 0 Å². The third-order valence-electron chi connectivity index (χ3n) is 6.03. The van der Waals surface area contributed by atoms with E-state index in [4.69, 9.17) is 9.57 Å². The van der Waals surface area contributed by atoms with E-state index >= 15 is 0 Å². The second-order valence-electron chi connectivity index (χ2n) is 7.75. The molecule has 1 aliphatic heterocycles. The van der Waals surface area contributed by atoms with Crippen molar-refractivity contribution in [2.75, 3.05) is 13.2 Å². The SMILES string of the molecule is CCC/C(=N\OCC)C1=C(O)CC(c2c(C)c(C)c(C)c3c2OCC3)CC1=O. The van der Waals surface area contributed by atoms with E-state index in [2.05, 4.69) is 25.9 Å². The fourth-order valence-electron chi connectivity index (χ4n) is 4.45. The number of allylic oxidation sites excluding steroid dienone is 2. The summed E-state index contributed by atoms with van der Waals surface area (Å²) in [6.45, 7) is 11.4. The van der Waals surface area contributed by atoms with Gasteiger partial charge in [0.25, 0.3) is 0 Å². The summed E-state index contributed by atoms with van der Waals surface area (Å²) in [6, 6.07) is 0. The summed E-state index contributed by atoms with van der Waals surface area (Å²) in [7, 11) is 0. The predicted molar refractivity (Wildman–Crippen MR) is 110 cm³/mol. The minimum atomic E-state index is -0.0719. The average molecular weight is 386 g/mol. The first-order chi connectivity index (χ1) is 13.4. The Balaban J connectivity index is 2.02. The molecule has 1 aromatic carbocycles. The molecule has 2 aliphatic rings. The van der Waals surface area contributed by atoms with Gasteiger partial charge in [-0.05, 0) is 50.8 Å². The maximum atomic E-state index is 13.0. The Labute approximate surface area is 167 Å². The van der Waals surface area contributed by atoms with Crippen molar-refractivity contribution in [3.05, 3.63) is 39.1 Å². The van der Waals surface area contributed by atoms with Crippen molar-refractivity contribution in [2.24, 2.45) is 5.16 Å². The van der Waals surface area contributed by atoms with Crippen molar-refractivity contribution in [2.45, 2.75) is 72.6 Å². The number of carbonyl (C=O) groups excluding carboxylic acids is 1. The predicted octanol–water partition coefficient (Wildman–Crippen LogP) is 5.00. The van der Waals surface area contributed by atoms with Gasteiger partial charge in [-0.1, -0.05) is 18.5 Å². The van der Waals surface area contributed by atoms with E-state index in [1.54, 1.807) is 0 Å². The van der Waals surface area contributed by atoms with Crippen LogP contribution in [0.3, 0.4) is 0 Å². The van der Waals surface area contributed by atoms with Crippen LogP contribution < -0.4 is 4.74 Å². The van der Waals surface area contributed by atoms with E-state index in [-0.39, 0.29) is 17.5 Å². The average Bonchev–Trinajstić information content (AvgIpc) is 3.13. The Morgan fingerprint density at radius 2 is 1.93 bits per heavy atom. The van der Waals surface area contributed by atoms with Crippen molar-refractivity contribution in [3.63, 3.8) is 0 Å². The number of Topliss-reactive ketones (excluding diaryl/α,β-unsaturated/α-hetero) is 1. The lowest BCUT2D eigenvalue weighted by atomic mass is 9.77. The minimum Gasteiger partial charge on any atom is -0.511 e. The molecule has 0 radical (unpaired) electrons. The van der Waals surface area contributed by atoms with E-state index < -0.39 is 0 Å². The number of carbonyl (C=O) groups is 1. The van der Waals surface area contributed by atoms with Crippen LogP contribution in [0.2, 0.25) is 0 Å². The molecule has 5 heteroatoms. The van der Waals surface area contributed by atoms with Crippen molar-refractivity contribution in [3.8, 4) is 5.75 Å². The number of rotatable bonds is 6. The molecule has 5 nitrogen and oxygen atoms in total. The monoisotopic (exact) mass is 385 g/mol. The molecule has 1 aromatic rings. The highest BCUT2D eigenvalue weighted by atomic mass is 16.6. The quantitative estimate of drug-likeness (QED) is 0.553. The molecule has 1 heterocycles. The number of fused-ring (bicyclic) bond motifs is 1. The van der Waals surface area contributed by atoms with Crippen LogP contribution in [0.15, 0.2) is 16.5 Å². The van der Waals surface area contributed by atoms with Crippen LogP contribution in [0.1, 0.15) is 73.3 Å². The van der Waals surface area contributed by atoms with Gasteiger partial charge < -0.3 is 14.7 Å². The van der Waals surface area contributed by atoms with Crippen LogP contribution in [0.25, 0.3) is 0 Å². The topological polar surface area (TPSA) is 68.1 Å². The summed E-state index contributed by atoms with van der Waals surface area (Å²) in [5.41, 5.74) is 6.96. The number of nitrogens with zero attached hydrogens (tertiary/aromatic N) is 1. The molecule has 0 aromatic heterocycles. The molecule has 0 saturated heterocycles. The number of ether oxygens (including phenoxy) is 1. The zero-order valence-corrected chi connectivity index (χ0v) is 17.6. The molecule has 0 spiro atoms. The van der Waals surface area contributed by atoms with Crippen molar-refractivity contribution >= 4 is 11.5 Å². The Morgan fingerprint density at radius 3 is 2.57 bits per heavy atom. The molecular weight excluding hydrogens is 354 g/mol. The summed E-state index contributed by atoms with van der Waals surface area (Å²) in [4.78, 5) is 18.2. The fourth-order valence-corrected chi connectivity index (χ4v) is 4.45. The lowest BCUT2D eigenvalue weighted by molar-refractivity contribution is -0.116. The van der Waals surface area contributed by atoms with Crippen LogP contribution in [-0.4, -0.2) is 29.8 Å². The first kappa shape index (κ1) is 20.4. The Bertz CT molecular complexity index is 851. The third-order valence-corrected chi connectivity index (χ3v) is 6.03. The van der Waals surface area contributed by atoms with E-state index in [1.165, 1.54) is 22.3 Å². The molecule has 1 unspecified atom stereocenters. The van der Waals surface area contributed by atoms with Crippen LogP contribution >= 0.6 is 0 Å².